The molecule has 2 aromatic carbocycles. The van der Waals surface area contributed by atoms with E-state index in [1.165, 1.54) is 33.3 Å². The number of aromatic amines is 1. The van der Waals surface area contributed by atoms with Crippen LogP contribution in [0.5, 0.6) is 5.75 Å². The van der Waals surface area contributed by atoms with E-state index in [1.807, 2.05) is 0 Å². The molecule has 0 unspecified atom stereocenters. The van der Waals surface area contributed by atoms with E-state index in [4.69, 9.17) is 10.5 Å². The van der Waals surface area contributed by atoms with Crippen molar-refractivity contribution >= 4 is 10.9 Å². The van der Waals surface area contributed by atoms with E-state index in [2.05, 4.69) is 61.3 Å². The van der Waals surface area contributed by atoms with E-state index in [9.17, 15) is 0 Å². The van der Waals surface area contributed by atoms with Gasteiger partial charge in [-0.15, -0.1) is 0 Å². The summed E-state index contributed by atoms with van der Waals surface area (Å²) in [6, 6.07) is 15.1. The highest BCUT2D eigenvalue weighted by atomic mass is 16.5. The monoisotopic (exact) mass is 350 g/mol. The average Bonchev–Trinajstić information content (AvgIpc) is 3.01. The number of fused-ring (bicyclic) bond motifs is 1. The van der Waals surface area contributed by atoms with Crippen molar-refractivity contribution in [3.63, 3.8) is 0 Å². The summed E-state index contributed by atoms with van der Waals surface area (Å²) in [6.45, 7) is 5.86. The second kappa shape index (κ2) is 8.91. The van der Waals surface area contributed by atoms with Crippen LogP contribution in [0.1, 0.15) is 43.7 Å². The van der Waals surface area contributed by atoms with Crippen LogP contribution in [-0.2, 0) is 6.42 Å². The maximum Gasteiger partial charge on any atom is 0.119 e. The minimum Gasteiger partial charge on any atom is -0.494 e. The van der Waals surface area contributed by atoms with Crippen molar-refractivity contribution in [2.24, 2.45) is 5.73 Å². The van der Waals surface area contributed by atoms with Gasteiger partial charge in [0, 0.05) is 16.6 Å². The minimum atomic E-state index is 0.751. The Bertz CT molecular complexity index is 833. The maximum absolute atomic E-state index is 5.80. The van der Waals surface area contributed by atoms with E-state index in [1.54, 1.807) is 0 Å². The molecule has 1 heterocycles. The number of hydrogen-bond donors (Lipinski definition) is 2. The van der Waals surface area contributed by atoms with Gasteiger partial charge in [0.25, 0.3) is 0 Å². The highest BCUT2D eigenvalue weighted by Gasteiger charge is 2.13. The van der Waals surface area contributed by atoms with Crippen molar-refractivity contribution in [2.75, 3.05) is 13.2 Å². The number of aryl methyl sites for hydroxylation is 2. The molecular weight excluding hydrogens is 320 g/mol. The van der Waals surface area contributed by atoms with Crippen molar-refractivity contribution in [2.45, 2.75) is 46.0 Å². The van der Waals surface area contributed by atoms with Crippen LogP contribution in [0, 0.1) is 6.92 Å². The third-order valence-electron chi connectivity index (χ3n) is 4.85. The Morgan fingerprint density at radius 3 is 2.54 bits per heavy atom. The molecule has 3 aromatic rings. The molecule has 0 amide bonds. The number of ether oxygens (including phenoxy) is 1. The van der Waals surface area contributed by atoms with Gasteiger partial charge in [0.2, 0.25) is 0 Å². The van der Waals surface area contributed by atoms with Gasteiger partial charge in [0.05, 0.1) is 6.61 Å². The Hall–Kier alpha value is -2.26. The number of nitrogens with one attached hydrogen (secondary N) is 1. The van der Waals surface area contributed by atoms with Crippen LogP contribution in [0.15, 0.2) is 42.5 Å². The molecule has 0 fully saturated rings. The van der Waals surface area contributed by atoms with Crippen LogP contribution in [0.2, 0.25) is 0 Å². The Morgan fingerprint density at radius 1 is 1.00 bits per heavy atom. The van der Waals surface area contributed by atoms with Crippen molar-refractivity contribution in [1.29, 1.82) is 0 Å². The second-order valence-corrected chi connectivity index (χ2v) is 7.00. The quantitative estimate of drug-likeness (QED) is 0.493. The highest BCUT2D eigenvalue weighted by molar-refractivity contribution is 5.91. The third-order valence-corrected chi connectivity index (χ3v) is 4.85. The molecule has 0 saturated carbocycles. The zero-order chi connectivity index (χ0) is 18.4. The van der Waals surface area contributed by atoms with E-state index in [0.717, 1.165) is 51.0 Å². The number of hydrogen-bond acceptors (Lipinski definition) is 2. The Balaban J connectivity index is 1.91. The number of H-pyrrole nitrogens is 1. The van der Waals surface area contributed by atoms with Crippen LogP contribution in [0.25, 0.3) is 22.2 Å². The molecule has 138 valence electrons. The molecule has 0 aliphatic rings. The van der Waals surface area contributed by atoms with Gasteiger partial charge in [0.15, 0.2) is 0 Å². The molecule has 0 radical (unpaired) electrons. The fourth-order valence-electron chi connectivity index (χ4n) is 3.37. The van der Waals surface area contributed by atoms with Crippen molar-refractivity contribution < 1.29 is 4.74 Å². The van der Waals surface area contributed by atoms with Gasteiger partial charge in [-0.05, 0) is 86.7 Å². The molecule has 0 atom stereocenters. The molecule has 0 spiro atoms. The first-order chi connectivity index (χ1) is 12.7. The largest absolute Gasteiger partial charge is 0.494 e. The van der Waals surface area contributed by atoms with Gasteiger partial charge in [-0.1, -0.05) is 25.0 Å². The molecule has 3 N–H and O–H groups in total. The topological polar surface area (TPSA) is 51.0 Å². The van der Waals surface area contributed by atoms with E-state index >= 15 is 0 Å². The second-order valence-electron chi connectivity index (χ2n) is 7.00. The fourth-order valence-corrected chi connectivity index (χ4v) is 3.37. The van der Waals surface area contributed by atoms with Crippen molar-refractivity contribution in [1.82, 2.24) is 4.98 Å². The maximum atomic E-state index is 5.80. The first kappa shape index (κ1) is 18.5. The SMILES string of the molecule is CCCCOc1ccc(-c2[nH]c3ccc(C)cc3c2CCCCN)cc1. The smallest absolute Gasteiger partial charge is 0.119 e. The summed E-state index contributed by atoms with van der Waals surface area (Å²) in [7, 11) is 0. The van der Waals surface area contributed by atoms with E-state index in [0.29, 0.717) is 0 Å². The first-order valence-electron chi connectivity index (χ1n) is 9.77. The molecule has 0 bridgehead atoms. The molecule has 0 saturated heterocycles. The molecule has 3 nitrogen and oxygen atoms in total. The number of unbranched alkanes of at least 4 members (excludes halogenated alkanes) is 2. The lowest BCUT2D eigenvalue weighted by atomic mass is 9.99. The van der Waals surface area contributed by atoms with Crippen LogP contribution >= 0.6 is 0 Å². The molecular formula is C23H30N2O. The van der Waals surface area contributed by atoms with Crippen molar-refractivity contribution in [3.8, 4) is 17.0 Å². The van der Waals surface area contributed by atoms with Gasteiger partial charge in [-0.2, -0.15) is 0 Å². The van der Waals surface area contributed by atoms with Crippen molar-refractivity contribution in [3.05, 3.63) is 53.6 Å². The molecule has 1 aromatic heterocycles. The van der Waals surface area contributed by atoms with Crippen LogP contribution in [-0.4, -0.2) is 18.1 Å². The average molecular weight is 351 g/mol. The third kappa shape index (κ3) is 4.28. The summed E-state index contributed by atoms with van der Waals surface area (Å²) in [4.78, 5) is 3.63. The number of nitrogens with two attached hydrogens (primary N) is 1. The number of rotatable bonds is 9. The zero-order valence-electron chi connectivity index (χ0n) is 16.0. The van der Waals surface area contributed by atoms with E-state index < -0.39 is 0 Å². The molecule has 3 rings (SSSR count). The minimum absolute atomic E-state index is 0.751. The van der Waals surface area contributed by atoms with Gasteiger partial charge < -0.3 is 15.5 Å². The standard InChI is InChI=1S/C23H30N2O/c1-3-4-15-26-19-11-9-18(10-12-19)23-20(7-5-6-14-24)21-16-17(2)8-13-22(21)25-23/h8-13,16,25H,3-7,14-15,24H2,1-2H3. The van der Waals surface area contributed by atoms with Crippen LogP contribution < -0.4 is 10.5 Å². The zero-order valence-corrected chi connectivity index (χ0v) is 16.0. The van der Waals surface area contributed by atoms with Crippen LogP contribution in [0.4, 0.5) is 0 Å². The predicted octanol–water partition coefficient (Wildman–Crippen LogP) is 5.60. The summed E-state index contributed by atoms with van der Waals surface area (Å²) < 4.78 is 5.80. The number of benzene rings is 2. The van der Waals surface area contributed by atoms with Crippen LogP contribution in [0.3, 0.4) is 0 Å². The number of aromatic nitrogens is 1. The van der Waals surface area contributed by atoms with Gasteiger partial charge in [-0.25, -0.2) is 0 Å². The van der Waals surface area contributed by atoms with Gasteiger partial charge >= 0.3 is 0 Å². The summed E-state index contributed by atoms with van der Waals surface area (Å²) in [5.74, 6) is 0.943. The summed E-state index contributed by atoms with van der Waals surface area (Å²) >= 11 is 0. The lowest BCUT2D eigenvalue weighted by Crippen LogP contribution is -1.99. The summed E-state index contributed by atoms with van der Waals surface area (Å²) in [5, 5.41) is 1.33. The highest BCUT2D eigenvalue weighted by Crippen LogP contribution is 2.33. The summed E-state index contributed by atoms with van der Waals surface area (Å²) in [6.07, 6.45) is 5.46. The van der Waals surface area contributed by atoms with Gasteiger partial charge in [0.1, 0.15) is 5.75 Å². The molecule has 0 aliphatic carbocycles. The molecule has 0 aliphatic heterocycles. The normalized spacial score (nSPS) is 11.2. The Morgan fingerprint density at radius 2 is 1.81 bits per heavy atom. The molecule has 3 heteroatoms. The van der Waals surface area contributed by atoms with Gasteiger partial charge in [-0.3, -0.25) is 0 Å². The Kier molecular flexibility index (Phi) is 6.35. The fraction of sp³-hybridized carbons (Fsp3) is 0.391. The molecule has 26 heavy (non-hydrogen) atoms. The van der Waals surface area contributed by atoms with E-state index in [-0.39, 0.29) is 0 Å². The summed E-state index contributed by atoms with van der Waals surface area (Å²) in [5.41, 5.74) is 12.0. The Labute approximate surface area is 156 Å². The predicted molar refractivity (Wildman–Crippen MR) is 111 cm³/mol. The lowest BCUT2D eigenvalue weighted by Gasteiger charge is -2.08. The first-order valence-corrected chi connectivity index (χ1v) is 9.77. The lowest BCUT2D eigenvalue weighted by molar-refractivity contribution is 0.309.